The fraction of sp³-hybridized carbons (Fsp3) is 0.400. The maximum absolute atomic E-state index is 11.5. The molecule has 0 aliphatic heterocycles. The summed E-state index contributed by atoms with van der Waals surface area (Å²) in [6.45, 7) is 3.76. The van der Waals surface area contributed by atoms with Gasteiger partial charge in [0.1, 0.15) is 5.75 Å². The third kappa shape index (κ3) is 4.43. The Hall–Kier alpha value is -1.57. The minimum atomic E-state index is 0.161. The van der Waals surface area contributed by atoms with Crippen molar-refractivity contribution in [1.29, 1.82) is 0 Å². The normalized spacial score (nSPS) is 11.4. The van der Waals surface area contributed by atoms with Crippen molar-refractivity contribution in [1.82, 2.24) is 0 Å². The number of Topliss-reactive ketones (excluding diaryl/α,β-unsaturated/α-hetero) is 1. The number of hydrogen-bond acceptors (Lipinski definition) is 2. The number of unbranched alkanes of at least 4 members (excludes halogenated alkanes) is 1. The van der Waals surface area contributed by atoms with Gasteiger partial charge in [-0.05, 0) is 49.1 Å². The van der Waals surface area contributed by atoms with Gasteiger partial charge in [-0.25, -0.2) is 0 Å². The molecule has 0 saturated heterocycles. The second-order valence-electron chi connectivity index (χ2n) is 4.10. The number of ether oxygens (including phenoxy) is 1. The van der Waals surface area contributed by atoms with E-state index >= 15 is 0 Å². The molecule has 17 heavy (non-hydrogen) atoms. The predicted octanol–water partition coefficient (Wildman–Crippen LogP) is 3.86. The van der Waals surface area contributed by atoms with Crippen LogP contribution in [0.4, 0.5) is 0 Å². The van der Waals surface area contributed by atoms with Crippen molar-refractivity contribution in [2.45, 2.75) is 33.1 Å². The molecular formula is C15H20O2. The van der Waals surface area contributed by atoms with Gasteiger partial charge in [0.2, 0.25) is 0 Å². The molecule has 0 aliphatic carbocycles. The molecule has 0 saturated carbocycles. The van der Waals surface area contributed by atoms with Crippen LogP contribution >= 0.6 is 0 Å². The molecule has 92 valence electrons. The summed E-state index contributed by atoms with van der Waals surface area (Å²) in [6.07, 6.45) is 4.99. The van der Waals surface area contributed by atoms with Crippen LogP contribution in [0.15, 0.2) is 29.8 Å². The van der Waals surface area contributed by atoms with Gasteiger partial charge < -0.3 is 4.74 Å². The summed E-state index contributed by atoms with van der Waals surface area (Å²) in [4.78, 5) is 11.5. The van der Waals surface area contributed by atoms with E-state index in [0.29, 0.717) is 0 Å². The van der Waals surface area contributed by atoms with Crippen molar-refractivity contribution >= 4 is 11.9 Å². The van der Waals surface area contributed by atoms with Crippen LogP contribution in [-0.4, -0.2) is 12.9 Å². The fourth-order valence-corrected chi connectivity index (χ4v) is 1.62. The SMILES string of the molecule is CCCC/C(=C\c1ccc(OC)cc1)C(C)=O. The van der Waals surface area contributed by atoms with Gasteiger partial charge in [-0.1, -0.05) is 25.5 Å². The van der Waals surface area contributed by atoms with Crippen molar-refractivity contribution in [2.24, 2.45) is 0 Å². The van der Waals surface area contributed by atoms with Crippen LogP contribution in [0.1, 0.15) is 38.7 Å². The molecule has 0 bridgehead atoms. The molecule has 0 spiro atoms. The standard InChI is InChI=1S/C15H20O2/c1-4-5-6-14(12(2)16)11-13-7-9-15(17-3)10-8-13/h7-11H,4-6H2,1-3H3/b14-11+. The maximum Gasteiger partial charge on any atom is 0.155 e. The van der Waals surface area contributed by atoms with Crippen molar-refractivity contribution in [3.63, 3.8) is 0 Å². The van der Waals surface area contributed by atoms with Gasteiger partial charge in [0.25, 0.3) is 0 Å². The molecule has 0 heterocycles. The first-order valence-corrected chi connectivity index (χ1v) is 6.03. The first-order valence-electron chi connectivity index (χ1n) is 6.03. The highest BCUT2D eigenvalue weighted by Crippen LogP contribution is 2.17. The molecule has 1 rings (SSSR count). The Balaban J connectivity index is 2.84. The van der Waals surface area contributed by atoms with E-state index < -0.39 is 0 Å². The Morgan fingerprint density at radius 3 is 2.41 bits per heavy atom. The molecule has 0 aromatic heterocycles. The minimum absolute atomic E-state index is 0.161. The van der Waals surface area contributed by atoms with E-state index in [9.17, 15) is 4.79 Å². The summed E-state index contributed by atoms with van der Waals surface area (Å²) in [5.74, 6) is 0.995. The summed E-state index contributed by atoms with van der Waals surface area (Å²) in [7, 11) is 1.65. The van der Waals surface area contributed by atoms with Gasteiger partial charge in [0.15, 0.2) is 5.78 Å². The fourth-order valence-electron chi connectivity index (χ4n) is 1.62. The Labute approximate surface area is 103 Å². The van der Waals surface area contributed by atoms with E-state index in [4.69, 9.17) is 4.74 Å². The second kappa shape index (κ2) is 6.89. The number of rotatable bonds is 6. The molecular weight excluding hydrogens is 212 g/mol. The first kappa shape index (κ1) is 13.5. The van der Waals surface area contributed by atoms with Gasteiger partial charge in [-0.2, -0.15) is 0 Å². The van der Waals surface area contributed by atoms with Crippen molar-refractivity contribution in [3.05, 3.63) is 35.4 Å². The van der Waals surface area contributed by atoms with Crippen LogP contribution in [0.5, 0.6) is 5.75 Å². The third-order valence-electron chi connectivity index (χ3n) is 2.71. The van der Waals surface area contributed by atoms with E-state index in [-0.39, 0.29) is 5.78 Å². The monoisotopic (exact) mass is 232 g/mol. The molecule has 0 aliphatic rings. The Morgan fingerprint density at radius 2 is 1.94 bits per heavy atom. The van der Waals surface area contributed by atoms with Crippen LogP contribution in [0.3, 0.4) is 0 Å². The van der Waals surface area contributed by atoms with E-state index in [1.165, 1.54) is 0 Å². The molecule has 1 aromatic rings. The molecule has 2 nitrogen and oxygen atoms in total. The summed E-state index contributed by atoms with van der Waals surface area (Å²) in [5.41, 5.74) is 1.95. The quantitative estimate of drug-likeness (QED) is 0.696. The summed E-state index contributed by atoms with van der Waals surface area (Å²) in [5, 5.41) is 0. The second-order valence-corrected chi connectivity index (χ2v) is 4.10. The number of ketones is 1. The highest BCUT2D eigenvalue weighted by Gasteiger charge is 2.03. The summed E-state index contributed by atoms with van der Waals surface area (Å²) < 4.78 is 5.10. The van der Waals surface area contributed by atoms with Crippen molar-refractivity contribution < 1.29 is 9.53 Å². The van der Waals surface area contributed by atoms with E-state index in [0.717, 1.165) is 36.1 Å². The zero-order valence-corrected chi connectivity index (χ0v) is 10.8. The molecule has 0 N–H and O–H groups in total. The number of carbonyl (C=O) groups is 1. The van der Waals surface area contributed by atoms with E-state index in [2.05, 4.69) is 6.92 Å². The first-order chi connectivity index (χ1) is 8.17. The number of hydrogen-bond donors (Lipinski definition) is 0. The van der Waals surface area contributed by atoms with E-state index in [1.807, 2.05) is 30.3 Å². The molecule has 0 amide bonds. The average Bonchev–Trinajstić information content (AvgIpc) is 2.35. The summed E-state index contributed by atoms with van der Waals surface area (Å²) >= 11 is 0. The maximum atomic E-state index is 11.5. The average molecular weight is 232 g/mol. The van der Waals surface area contributed by atoms with Crippen molar-refractivity contribution in [2.75, 3.05) is 7.11 Å². The lowest BCUT2D eigenvalue weighted by Crippen LogP contribution is -1.96. The largest absolute Gasteiger partial charge is 0.497 e. The van der Waals surface area contributed by atoms with Gasteiger partial charge >= 0.3 is 0 Å². The topological polar surface area (TPSA) is 26.3 Å². The molecule has 1 aromatic carbocycles. The number of benzene rings is 1. The van der Waals surface area contributed by atoms with E-state index in [1.54, 1.807) is 14.0 Å². The highest BCUT2D eigenvalue weighted by atomic mass is 16.5. The molecule has 0 atom stereocenters. The molecule has 0 unspecified atom stereocenters. The number of carbonyl (C=O) groups excluding carboxylic acids is 1. The molecule has 0 radical (unpaired) electrons. The molecule has 0 fully saturated rings. The van der Waals surface area contributed by atoms with Gasteiger partial charge in [-0.3, -0.25) is 4.79 Å². The van der Waals surface area contributed by atoms with Crippen LogP contribution < -0.4 is 4.74 Å². The smallest absolute Gasteiger partial charge is 0.155 e. The van der Waals surface area contributed by atoms with Crippen molar-refractivity contribution in [3.8, 4) is 5.75 Å². The van der Waals surface area contributed by atoms with Gasteiger partial charge in [-0.15, -0.1) is 0 Å². The third-order valence-corrected chi connectivity index (χ3v) is 2.71. The van der Waals surface area contributed by atoms with Crippen LogP contribution in [-0.2, 0) is 4.79 Å². The lowest BCUT2D eigenvalue weighted by atomic mass is 10.0. The zero-order valence-electron chi connectivity index (χ0n) is 10.8. The number of allylic oxidation sites excluding steroid dienone is 1. The van der Waals surface area contributed by atoms with Crippen LogP contribution in [0.2, 0.25) is 0 Å². The minimum Gasteiger partial charge on any atom is -0.497 e. The Kier molecular flexibility index (Phi) is 5.47. The highest BCUT2D eigenvalue weighted by molar-refractivity contribution is 5.97. The lowest BCUT2D eigenvalue weighted by Gasteiger charge is -2.04. The zero-order chi connectivity index (χ0) is 12.7. The molecule has 2 heteroatoms. The van der Waals surface area contributed by atoms with Gasteiger partial charge in [0.05, 0.1) is 7.11 Å². The lowest BCUT2D eigenvalue weighted by molar-refractivity contribution is -0.113. The van der Waals surface area contributed by atoms with Crippen LogP contribution in [0, 0.1) is 0 Å². The van der Waals surface area contributed by atoms with Crippen LogP contribution in [0.25, 0.3) is 6.08 Å². The van der Waals surface area contributed by atoms with Gasteiger partial charge in [0, 0.05) is 0 Å². The Morgan fingerprint density at radius 1 is 1.29 bits per heavy atom. The Bertz CT molecular complexity index is 388. The predicted molar refractivity (Wildman–Crippen MR) is 71.2 cm³/mol. The summed E-state index contributed by atoms with van der Waals surface area (Å²) in [6, 6.07) is 7.74. The number of methoxy groups -OCH3 is 1.